The Kier molecular flexibility index (Phi) is 4.33. The van der Waals surface area contributed by atoms with Gasteiger partial charge in [-0.25, -0.2) is 0 Å². The lowest BCUT2D eigenvalue weighted by Gasteiger charge is -2.29. The number of carbonyl (C=O) groups is 1. The summed E-state index contributed by atoms with van der Waals surface area (Å²) in [5.41, 5.74) is 1.03. The standard InChI is InChI=1S/C14H21N3O/c1-17(2)13(12-6-4-3-5-7-12)14(18)16-10-11-8-15-9-11/h3-7,11,13,15H,8-10H2,1-2H3,(H,16,18). The topological polar surface area (TPSA) is 44.4 Å². The maximum absolute atomic E-state index is 12.3. The van der Waals surface area contributed by atoms with Crippen molar-refractivity contribution in [2.75, 3.05) is 33.7 Å². The molecule has 0 radical (unpaired) electrons. The Morgan fingerprint density at radius 3 is 2.56 bits per heavy atom. The summed E-state index contributed by atoms with van der Waals surface area (Å²) in [5.74, 6) is 0.672. The number of carbonyl (C=O) groups excluding carboxylic acids is 1. The summed E-state index contributed by atoms with van der Waals surface area (Å²) >= 11 is 0. The third-order valence-corrected chi connectivity index (χ3v) is 3.31. The summed E-state index contributed by atoms with van der Waals surface area (Å²) in [6.45, 7) is 2.79. The van der Waals surface area contributed by atoms with E-state index in [1.165, 1.54) is 0 Å². The van der Waals surface area contributed by atoms with Crippen molar-refractivity contribution < 1.29 is 4.79 Å². The van der Waals surface area contributed by atoms with E-state index < -0.39 is 0 Å². The van der Waals surface area contributed by atoms with Gasteiger partial charge in [-0.2, -0.15) is 0 Å². The molecule has 1 fully saturated rings. The van der Waals surface area contributed by atoms with Crippen LogP contribution in [0.3, 0.4) is 0 Å². The molecular formula is C14H21N3O. The number of amides is 1. The Bertz CT molecular complexity index is 387. The lowest BCUT2D eigenvalue weighted by molar-refractivity contribution is -0.126. The number of rotatable bonds is 5. The fourth-order valence-electron chi connectivity index (χ4n) is 2.15. The van der Waals surface area contributed by atoms with Gasteiger partial charge in [-0.1, -0.05) is 30.3 Å². The zero-order chi connectivity index (χ0) is 13.0. The van der Waals surface area contributed by atoms with Crippen LogP contribution in [-0.2, 0) is 4.79 Å². The number of nitrogens with one attached hydrogen (secondary N) is 2. The summed E-state index contributed by atoms with van der Waals surface area (Å²) in [4.78, 5) is 14.2. The molecule has 0 aromatic heterocycles. The third-order valence-electron chi connectivity index (χ3n) is 3.31. The number of hydrogen-bond acceptors (Lipinski definition) is 3. The lowest BCUT2D eigenvalue weighted by atomic mass is 10.0. The van der Waals surface area contributed by atoms with Crippen molar-refractivity contribution in [1.29, 1.82) is 0 Å². The highest BCUT2D eigenvalue weighted by Crippen LogP contribution is 2.18. The van der Waals surface area contributed by atoms with E-state index >= 15 is 0 Å². The zero-order valence-corrected chi connectivity index (χ0v) is 11.0. The maximum atomic E-state index is 12.3. The van der Waals surface area contributed by atoms with Crippen molar-refractivity contribution in [2.45, 2.75) is 6.04 Å². The zero-order valence-electron chi connectivity index (χ0n) is 11.0. The molecule has 18 heavy (non-hydrogen) atoms. The van der Waals surface area contributed by atoms with Crippen LogP contribution in [0, 0.1) is 5.92 Å². The first-order valence-corrected chi connectivity index (χ1v) is 6.38. The smallest absolute Gasteiger partial charge is 0.241 e. The first-order chi connectivity index (χ1) is 8.68. The molecule has 1 aliphatic heterocycles. The van der Waals surface area contributed by atoms with Crippen LogP contribution in [0.2, 0.25) is 0 Å². The molecule has 0 bridgehead atoms. The van der Waals surface area contributed by atoms with Crippen LogP contribution < -0.4 is 10.6 Å². The molecule has 1 atom stereocenters. The van der Waals surface area contributed by atoms with Gasteiger partial charge in [0, 0.05) is 25.6 Å². The van der Waals surface area contributed by atoms with Crippen LogP contribution in [-0.4, -0.2) is 44.5 Å². The quantitative estimate of drug-likeness (QED) is 0.802. The summed E-state index contributed by atoms with van der Waals surface area (Å²) in [7, 11) is 3.87. The second-order valence-corrected chi connectivity index (χ2v) is 5.05. The fourth-order valence-corrected chi connectivity index (χ4v) is 2.15. The van der Waals surface area contributed by atoms with Gasteiger partial charge in [-0.05, 0) is 19.7 Å². The highest BCUT2D eigenvalue weighted by molar-refractivity contribution is 5.83. The second-order valence-electron chi connectivity index (χ2n) is 5.05. The monoisotopic (exact) mass is 247 g/mol. The van der Waals surface area contributed by atoms with E-state index in [2.05, 4.69) is 10.6 Å². The average molecular weight is 247 g/mol. The molecule has 0 aliphatic carbocycles. The first kappa shape index (κ1) is 13.1. The van der Waals surface area contributed by atoms with Crippen molar-refractivity contribution in [3.63, 3.8) is 0 Å². The van der Waals surface area contributed by atoms with E-state index in [4.69, 9.17) is 0 Å². The number of benzene rings is 1. The second kappa shape index (κ2) is 5.98. The molecule has 1 aliphatic rings. The minimum Gasteiger partial charge on any atom is -0.354 e. The van der Waals surface area contributed by atoms with E-state index in [1.807, 2.05) is 49.3 Å². The minimum absolute atomic E-state index is 0.0816. The maximum Gasteiger partial charge on any atom is 0.241 e. The van der Waals surface area contributed by atoms with Crippen LogP contribution in [0.5, 0.6) is 0 Å². The highest BCUT2D eigenvalue weighted by atomic mass is 16.2. The van der Waals surface area contributed by atoms with Gasteiger partial charge < -0.3 is 10.6 Å². The van der Waals surface area contributed by atoms with Crippen molar-refractivity contribution in [3.05, 3.63) is 35.9 Å². The van der Waals surface area contributed by atoms with E-state index in [0.29, 0.717) is 5.92 Å². The molecule has 1 unspecified atom stereocenters. The number of hydrogen-bond donors (Lipinski definition) is 2. The van der Waals surface area contributed by atoms with Crippen LogP contribution in [0.15, 0.2) is 30.3 Å². The minimum atomic E-state index is -0.209. The third kappa shape index (κ3) is 3.09. The highest BCUT2D eigenvalue weighted by Gasteiger charge is 2.24. The average Bonchev–Trinajstić information content (AvgIpc) is 2.28. The van der Waals surface area contributed by atoms with Gasteiger partial charge in [0.1, 0.15) is 6.04 Å². The van der Waals surface area contributed by atoms with E-state index in [-0.39, 0.29) is 11.9 Å². The Morgan fingerprint density at radius 2 is 2.06 bits per heavy atom. The molecule has 1 heterocycles. The molecular weight excluding hydrogens is 226 g/mol. The van der Waals surface area contributed by atoms with Crippen LogP contribution in [0.25, 0.3) is 0 Å². The largest absolute Gasteiger partial charge is 0.354 e. The molecule has 1 aromatic rings. The van der Waals surface area contributed by atoms with E-state index in [9.17, 15) is 4.79 Å². The Labute approximate surface area is 108 Å². The fraction of sp³-hybridized carbons (Fsp3) is 0.500. The summed E-state index contributed by atoms with van der Waals surface area (Å²) in [6.07, 6.45) is 0. The van der Waals surface area contributed by atoms with Crippen molar-refractivity contribution >= 4 is 5.91 Å². The van der Waals surface area contributed by atoms with Gasteiger partial charge in [0.2, 0.25) is 5.91 Å². The predicted molar refractivity (Wildman–Crippen MR) is 72.2 cm³/mol. The van der Waals surface area contributed by atoms with Gasteiger partial charge in [0.25, 0.3) is 0 Å². The van der Waals surface area contributed by atoms with Crippen molar-refractivity contribution in [1.82, 2.24) is 15.5 Å². The van der Waals surface area contributed by atoms with E-state index in [1.54, 1.807) is 0 Å². The lowest BCUT2D eigenvalue weighted by Crippen LogP contribution is -2.49. The Balaban J connectivity index is 1.98. The SMILES string of the molecule is CN(C)C(C(=O)NCC1CNC1)c1ccccc1. The molecule has 2 rings (SSSR count). The van der Waals surface area contributed by atoms with Crippen LogP contribution in [0.4, 0.5) is 0 Å². The summed E-state index contributed by atoms with van der Waals surface area (Å²) in [5, 5.41) is 6.25. The molecule has 1 aromatic carbocycles. The first-order valence-electron chi connectivity index (χ1n) is 6.38. The number of likely N-dealkylation sites (N-methyl/N-ethyl adjacent to an activating group) is 1. The molecule has 1 amide bonds. The predicted octanol–water partition coefficient (Wildman–Crippen LogP) is 0.625. The van der Waals surface area contributed by atoms with Crippen LogP contribution >= 0.6 is 0 Å². The number of nitrogens with zero attached hydrogens (tertiary/aromatic N) is 1. The molecule has 0 spiro atoms. The molecule has 4 heteroatoms. The summed E-state index contributed by atoms with van der Waals surface area (Å²) < 4.78 is 0. The van der Waals surface area contributed by atoms with Crippen LogP contribution in [0.1, 0.15) is 11.6 Å². The van der Waals surface area contributed by atoms with Gasteiger partial charge in [-0.3, -0.25) is 9.69 Å². The van der Waals surface area contributed by atoms with E-state index in [0.717, 1.165) is 25.2 Å². The molecule has 1 saturated heterocycles. The normalized spacial score (nSPS) is 17.3. The van der Waals surface area contributed by atoms with Gasteiger partial charge in [0.05, 0.1) is 0 Å². The Morgan fingerprint density at radius 1 is 1.39 bits per heavy atom. The molecule has 4 nitrogen and oxygen atoms in total. The summed E-state index contributed by atoms with van der Waals surface area (Å²) in [6, 6.07) is 9.68. The van der Waals surface area contributed by atoms with Gasteiger partial charge in [-0.15, -0.1) is 0 Å². The molecule has 0 saturated carbocycles. The molecule has 98 valence electrons. The van der Waals surface area contributed by atoms with Crippen molar-refractivity contribution in [3.8, 4) is 0 Å². The van der Waals surface area contributed by atoms with Gasteiger partial charge in [0.15, 0.2) is 0 Å². The Hall–Kier alpha value is -1.39. The molecule has 2 N–H and O–H groups in total. The van der Waals surface area contributed by atoms with Crippen molar-refractivity contribution in [2.24, 2.45) is 5.92 Å². The van der Waals surface area contributed by atoms with Gasteiger partial charge >= 0.3 is 0 Å².